The van der Waals surface area contributed by atoms with E-state index in [1.54, 1.807) is 11.1 Å². The van der Waals surface area contributed by atoms with Crippen LogP contribution in [0.15, 0.2) is 125 Å². The lowest BCUT2D eigenvalue weighted by molar-refractivity contribution is 0.181. The van der Waals surface area contributed by atoms with E-state index in [0.717, 1.165) is 23.7 Å². The molecule has 4 fully saturated rings. The molecule has 246 valence electrons. The van der Waals surface area contributed by atoms with Crippen LogP contribution in [0.4, 0.5) is 17.1 Å². The van der Waals surface area contributed by atoms with Gasteiger partial charge in [0, 0.05) is 26.5 Å². The molecule has 0 saturated heterocycles. The molecule has 1 aliphatic heterocycles. The lowest BCUT2D eigenvalue weighted by Gasteiger charge is -2.50. The molecule has 49 heavy (non-hydrogen) atoms. The molecule has 1 spiro atoms. The van der Waals surface area contributed by atoms with Crippen LogP contribution in [0, 0.1) is 23.7 Å². The van der Waals surface area contributed by atoms with Gasteiger partial charge in [0.1, 0.15) is 0 Å². The summed E-state index contributed by atoms with van der Waals surface area (Å²) in [6, 6.07) is 44.3. The molecule has 1 nitrogen and oxygen atoms in total. The van der Waals surface area contributed by atoms with Crippen LogP contribution in [0.3, 0.4) is 0 Å². The van der Waals surface area contributed by atoms with E-state index < -0.39 is 0 Å². The number of nitrogens with zero attached hydrogens (tertiary/aromatic N) is 1. The molecule has 2 heteroatoms. The normalized spacial score (nSPS) is 27.8. The van der Waals surface area contributed by atoms with Crippen molar-refractivity contribution in [3.05, 3.63) is 138 Å². The Balaban J connectivity index is 1.33. The number of fused-ring (bicyclic) bond motifs is 3. The van der Waals surface area contributed by atoms with E-state index in [2.05, 4.69) is 148 Å². The Morgan fingerprint density at radius 1 is 0.612 bits per heavy atom. The van der Waals surface area contributed by atoms with E-state index >= 15 is 0 Å². The van der Waals surface area contributed by atoms with Crippen LogP contribution in [0.2, 0.25) is 0 Å². The van der Waals surface area contributed by atoms with Crippen molar-refractivity contribution in [1.29, 1.82) is 0 Å². The second-order valence-electron chi connectivity index (χ2n) is 17.2. The van der Waals surface area contributed by atoms with Crippen molar-refractivity contribution in [3.8, 4) is 11.1 Å². The third kappa shape index (κ3) is 4.19. The van der Waals surface area contributed by atoms with Crippen LogP contribution in [0.5, 0.6) is 0 Å². The first-order valence-electron chi connectivity index (χ1n) is 18.8. The van der Waals surface area contributed by atoms with Crippen LogP contribution < -0.4 is 4.90 Å². The molecule has 5 aromatic carbocycles. The molecule has 4 saturated carbocycles. The zero-order chi connectivity index (χ0) is 33.1. The largest absolute Gasteiger partial charge is 0.308 e. The van der Waals surface area contributed by atoms with Crippen molar-refractivity contribution in [1.82, 2.24) is 0 Å². The van der Waals surface area contributed by atoms with Crippen LogP contribution in [0.1, 0.15) is 88.5 Å². The maximum absolute atomic E-state index is 2.70. The molecule has 1 heterocycles. The predicted molar refractivity (Wildman–Crippen MR) is 206 cm³/mol. The molecule has 5 atom stereocenters. The summed E-state index contributed by atoms with van der Waals surface area (Å²) in [5.74, 6) is 3.25. The Labute approximate surface area is 297 Å². The highest BCUT2D eigenvalue weighted by Gasteiger charge is 2.65. The van der Waals surface area contributed by atoms with Crippen molar-refractivity contribution >= 4 is 28.8 Å². The lowest BCUT2D eigenvalue weighted by Crippen LogP contribution is -2.44. The minimum atomic E-state index is 0.0562. The van der Waals surface area contributed by atoms with Crippen molar-refractivity contribution in [2.75, 3.05) is 4.90 Å². The molecule has 5 unspecified atom stereocenters. The van der Waals surface area contributed by atoms with Crippen LogP contribution in [0.25, 0.3) is 11.1 Å². The summed E-state index contributed by atoms with van der Waals surface area (Å²) < 4.78 is 0. The van der Waals surface area contributed by atoms with Crippen molar-refractivity contribution in [2.24, 2.45) is 23.7 Å². The van der Waals surface area contributed by atoms with E-state index in [-0.39, 0.29) is 16.2 Å². The molecule has 6 aliphatic rings. The molecular weight excluding hydrogens is 611 g/mol. The number of hydrogen-bond acceptors (Lipinski definition) is 2. The average molecular weight is 658 g/mol. The maximum Gasteiger partial charge on any atom is 0.0682 e. The number of para-hydroxylation sites is 1. The highest BCUT2D eigenvalue weighted by molar-refractivity contribution is 7.99. The van der Waals surface area contributed by atoms with E-state index in [9.17, 15) is 0 Å². The second-order valence-corrected chi connectivity index (χ2v) is 18.2. The van der Waals surface area contributed by atoms with Crippen LogP contribution in [-0.4, -0.2) is 0 Å². The summed E-state index contributed by atoms with van der Waals surface area (Å²) >= 11 is 2.05. The average Bonchev–Trinajstić information content (AvgIpc) is 3.53. The van der Waals surface area contributed by atoms with Gasteiger partial charge in [-0.15, -0.1) is 0 Å². The standard InChI is InChI=1S/C47H47NS/c1-45(2)24-25-46(3,4)42-37(45)19-13-20-40(42)48(34-16-9-6-10-17-34)43-35(31-14-7-5-8-15-31)22-23-38-44(43)49-41-21-12-11-18-36(41)47(38)33-27-30-26-32(29-33)39(47)28-30/h5-23,30,32-33,39H,24-29H2,1-4H3. The van der Waals surface area contributed by atoms with Crippen molar-refractivity contribution < 1.29 is 0 Å². The lowest BCUT2D eigenvalue weighted by atomic mass is 9.57. The third-order valence-corrected chi connectivity index (χ3v) is 14.9. The molecule has 5 aromatic rings. The first-order valence-corrected chi connectivity index (χ1v) is 19.6. The quantitative estimate of drug-likeness (QED) is 0.189. The van der Waals surface area contributed by atoms with E-state index in [0.29, 0.717) is 0 Å². The van der Waals surface area contributed by atoms with Crippen molar-refractivity contribution in [3.63, 3.8) is 0 Å². The molecular formula is C47H47NS. The molecule has 11 rings (SSSR count). The second kappa shape index (κ2) is 10.6. The monoisotopic (exact) mass is 657 g/mol. The topological polar surface area (TPSA) is 3.24 Å². The number of anilines is 3. The summed E-state index contributed by atoms with van der Waals surface area (Å²) in [6.07, 6.45) is 8.01. The van der Waals surface area contributed by atoms with Gasteiger partial charge in [-0.1, -0.05) is 130 Å². The van der Waals surface area contributed by atoms with Gasteiger partial charge in [0.25, 0.3) is 0 Å². The summed E-state index contributed by atoms with van der Waals surface area (Å²) in [4.78, 5) is 5.65. The minimum absolute atomic E-state index is 0.0562. The maximum atomic E-state index is 2.70. The Morgan fingerprint density at radius 3 is 2.12 bits per heavy atom. The first-order chi connectivity index (χ1) is 23.8. The van der Waals surface area contributed by atoms with Gasteiger partial charge in [0.2, 0.25) is 0 Å². The Morgan fingerprint density at radius 2 is 1.33 bits per heavy atom. The first kappa shape index (κ1) is 30.1. The number of rotatable bonds is 4. The van der Waals surface area contributed by atoms with Crippen molar-refractivity contribution in [2.45, 2.75) is 92.3 Å². The minimum Gasteiger partial charge on any atom is -0.308 e. The molecule has 0 N–H and O–H groups in total. The Kier molecular flexibility index (Phi) is 6.53. The van der Waals surface area contributed by atoms with Gasteiger partial charge in [-0.3, -0.25) is 0 Å². The number of benzene rings is 5. The van der Waals surface area contributed by atoms with Crippen LogP contribution >= 0.6 is 11.8 Å². The third-order valence-electron chi connectivity index (χ3n) is 13.7. The zero-order valence-electron chi connectivity index (χ0n) is 29.4. The van der Waals surface area contributed by atoms with Gasteiger partial charge in [-0.25, -0.2) is 0 Å². The summed E-state index contributed by atoms with van der Waals surface area (Å²) in [7, 11) is 0. The van der Waals surface area contributed by atoms with Gasteiger partial charge in [-0.2, -0.15) is 0 Å². The fourth-order valence-electron chi connectivity index (χ4n) is 11.7. The summed E-state index contributed by atoms with van der Waals surface area (Å²) in [6.45, 7) is 9.88. The molecule has 0 amide bonds. The highest BCUT2D eigenvalue weighted by Crippen LogP contribution is 2.73. The van der Waals surface area contributed by atoms with Gasteiger partial charge in [0.05, 0.1) is 11.4 Å². The number of hydrogen-bond donors (Lipinski definition) is 0. The molecule has 0 aromatic heterocycles. The summed E-state index contributed by atoms with van der Waals surface area (Å²) in [5.41, 5.74) is 13.1. The zero-order valence-corrected chi connectivity index (χ0v) is 30.2. The van der Waals surface area contributed by atoms with E-state index in [1.807, 2.05) is 11.8 Å². The Hall–Kier alpha value is -3.75. The van der Waals surface area contributed by atoms with Gasteiger partial charge in [0.15, 0.2) is 0 Å². The van der Waals surface area contributed by atoms with E-state index in [4.69, 9.17) is 0 Å². The Bertz CT molecular complexity index is 2090. The SMILES string of the molecule is CC1(C)CCC(C)(C)c2c(N(c3ccccc3)c3c(-c4ccccc4)ccc4c3Sc3ccccc3C43C4CC5CC(C4)C3C5)cccc21. The van der Waals surface area contributed by atoms with Gasteiger partial charge < -0.3 is 4.90 Å². The van der Waals surface area contributed by atoms with Gasteiger partial charge >= 0.3 is 0 Å². The predicted octanol–water partition coefficient (Wildman–Crippen LogP) is 13.0. The fourth-order valence-corrected chi connectivity index (χ4v) is 13.1. The van der Waals surface area contributed by atoms with Crippen LogP contribution in [-0.2, 0) is 16.2 Å². The van der Waals surface area contributed by atoms with E-state index in [1.165, 1.54) is 87.6 Å². The molecule has 4 bridgehead atoms. The molecule has 0 radical (unpaired) electrons. The summed E-state index contributed by atoms with van der Waals surface area (Å²) in [5, 5.41) is 0. The fraction of sp³-hybridized carbons (Fsp3) is 0.362. The smallest absolute Gasteiger partial charge is 0.0682 e. The highest BCUT2D eigenvalue weighted by atomic mass is 32.2. The van der Waals surface area contributed by atoms with Gasteiger partial charge in [-0.05, 0) is 125 Å². The molecule has 5 aliphatic carbocycles.